The van der Waals surface area contributed by atoms with Gasteiger partial charge >= 0.3 is 0 Å². The number of aromatic nitrogens is 1. The molecule has 3 aromatic carbocycles. The third-order valence-electron chi connectivity index (χ3n) is 4.74. The summed E-state index contributed by atoms with van der Waals surface area (Å²) in [7, 11) is 1.66. The summed E-state index contributed by atoms with van der Waals surface area (Å²) in [5.74, 6) is 0.614. The van der Waals surface area contributed by atoms with Gasteiger partial charge in [0, 0.05) is 23.2 Å². The quantitative estimate of drug-likeness (QED) is 0.471. The highest BCUT2D eigenvalue weighted by atomic mass is 19.1. The standard InChI is InChI=1S/C24H21FN2O/c1-28-20-12-8-18(9-13-20)23-16-24(21-4-2-3-5-22(21)27-23)26-15-14-17-6-10-19(25)11-7-17/h2-13,16H,14-15H2,1H3,(H,26,27). The van der Waals surface area contributed by atoms with E-state index < -0.39 is 0 Å². The van der Waals surface area contributed by atoms with E-state index in [0.29, 0.717) is 0 Å². The molecule has 4 heteroatoms. The minimum Gasteiger partial charge on any atom is -0.497 e. The van der Waals surface area contributed by atoms with Crippen molar-refractivity contribution in [3.05, 3.63) is 90.2 Å². The van der Waals surface area contributed by atoms with Crippen molar-refractivity contribution in [2.24, 2.45) is 0 Å². The smallest absolute Gasteiger partial charge is 0.123 e. The SMILES string of the molecule is COc1ccc(-c2cc(NCCc3ccc(F)cc3)c3ccccc3n2)cc1. The fraction of sp³-hybridized carbons (Fsp3) is 0.125. The van der Waals surface area contributed by atoms with Crippen molar-refractivity contribution in [2.75, 3.05) is 19.0 Å². The van der Waals surface area contributed by atoms with E-state index in [-0.39, 0.29) is 5.82 Å². The van der Waals surface area contributed by atoms with Crippen molar-refractivity contribution in [1.29, 1.82) is 0 Å². The molecule has 4 rings (SSSR count). The lowest BCUT2D eigenvalue weighted by atomic mass is 10.1. The van der Waals surface area contributed by atoms with E-state index in [2.05, 4.69) is 17.4 Å². The molecule has 28 heavy (non-hydrogen) atoms. The Morgan fingerprint density at radius 1 is 0.929 bits per heavy atom. The number of fused-ring (bicyclic) bond motifs is 1. The van der Waals surface area contributed by atoms with Crippen molar-refractivity contribution < 1.29 is 9.13 Å². The van der Waals surface area contributed by atoms with Crippen LogP contribution in [0.5, 0.6) is 5.75 Å². The lowest BCUT2D eigenvalue weighted by Crippen LogP contribution is -2.06. The Kier molecular flexibility index (Phi) is 5.20. The van der Waals surface area contributed by atoms with Gasteiger partial charge in [0.2, 0.25) is 0 Å². The topological polar surface area (TPSA) is 34.1 Å². The summed E-state index contributed by atoms with van der Waals surface area (Å²) >= 11 is 0. The average molecular weight is 372 g/mol. The number of para-hydroxylation sites is 1. The van der Waals surface area contributed by atoms with Crippen LogP contribution in [0.2, 0.25) is 0 Å². The van der Waals surface area contributed by atoms with Crippen molar-refractivity contribution >= 4 is 16.6 Å². The van der Waals surface area contributed by atoms with E-state index >= 15 is 0 Å². The highest BCUT2D eigenvalue weighted by Gasteiger charge is 2.08. The summed E-state index contributed by atoms with van der Waals surface area (Å²) in [6.45, 7) is 0.752. The van der Waals surface area contributed by atoms with Gasteiger partial charge in [-0.2, -0.15) is 0 Å². The monoisotopic (exact) mass is 372 g/mol. The first kappa shape index (κ1) is 18.0. The number of anilines is 1. The van der Waals surface area contributed by atoms with Gasteiger partial charge < -0.3 is 10.1 Å². The molecule has 140 valence electrons. The van der Waals surface area contributed by atoms with Gasteiger partial charge in [0.25, 0.3) is 0 Å². The maximum absolute atomic E-state index is 13.1. The maximum atomic E-state index is 13.1. The normalized spacial score (nSPS) is 10.8. The van der Waals surface area contributed by atoms with Gasteiger partial charge in [0.15, 0.2) is 0 Å². The molecule has 0 aliphatic rings. The molecule has 0 radical (unpaired) electrons. The summed E-state index contributed by atoms with van der Waals surface area (Å²) in [5.41, 5.74) is 5.03. The number of rotatable bonds is 6. The van der Waals surface area contributed by atoms with Crippen molar-refractivity contribution in [3.8, 4) is 17.0 Å². The molecule has 1 N–H and O–H groups in total. The van der Waals surface area contributed by atoms with Crippen LogP contribution >= 0.6 is 0 Å². The minimum absolute atomic E-state index is 0.207. The number of pyridine rings is 1. The summed E-state index contributed by atoms with van der Waals surface area (Å²) in [4.78, 5) is 4.82. The van der Waals surface area contributed by atoms with Crippen LogP contribution in [0.15, 0.2) is 78.9 Å². The summed E-state index contributed by atoms with van der Waals surface area (Å²) in [5, 5.41) is 4.61. The predicted octanol–water partition coefficient (Wildman–Crippen LogP) is 5.70. The molecule has 0 saturated carbocycles. The molecule has 0 atom stereocenters. The summed E-state index contributed by atoms with van der Waals surface area (Å²) in [6, 6.07) is 24.7. The first-order valence-corrected chi connectivity index (χ1v) is 9.25. The number of ether oxygens (including phenoxy) is 1. The Hall–Kier alpha value is -3.40. The van der Waals surface area contributed by atoms with Crippen LogP contribution in [0.1, 0.15) is 5.56 Å². The van der Waals surface area contributed by atoms with Gasteiger partial charge in [-0.1, -0.05) is 30.3 Å². The molecule has 0 fully saturated rings. The van der Waals surface area contributed by atoms with Crippen LogP contribution in [0.3, 0.4) is 0 Å². The van der Waals surface area contributed by atoms with Crippen LogP contribution in [-0.4, -0.2) is 18.6 Å². The largest absolute Gasteiger partial charge is 0.497 e. The van der Waals surface area contributed by atoms with Crippen LogP contribution in [0.4, 0.5) is 10.1 Å². The van der Waals surface area contributed by atoms with Crippen LogP contribution in [0.25, 0.3) is 22.2 Å². The van der Waals surface area contributed by atoms with E-state index in [0.717, 1.165) is 52.1 Å². The lowest BCUT2D eigenvalue weighted by Gasteiger charge is -2.12. The van der Waals surface area contributed by atoms with Crippen LogP contribution in [-0.2, 0) is 6.42 Å². The molecule has 0 aliphatic heterocycles. The molecule has 0 spiro atoms. The zero-order valence-electron chi connectivity index (χ0n) is 15.7. The van der Waals surface area contributed by atoms with Gasteiger partial charge in [-0.15, -0.1) is 0 Å². The molecule has 0 unspecified atom stereocenters. The molecule has 1 aromatic heterocycles. The van der Waals surface area contributed by atoms with E-state index in [1.54, 1.807) is 7.11 Å². The Balaban J connectivity index is 1.61. The summed E-state index contributed by atoms with van der Waals surface area (Å²) < 4.78 is 18.3. The number of nitrogens with zero attached hydrogens (tertiary/aromatic N) is 1. The highest BCUT2D eigenvalue weighted by molar-refractivity contribution is 5.93. The Morgan fingerprint density at radius 2 is 1.68 bits per heavy atom. The Labute approximate surface area is 163 Å². The van der Waals surface area contributed by atoms with Crippen molar-refractivity contribution in [3.63, 3.8) is 0 Å². The average Bonchev–Trinajstić information content (AvgIpc) is 2.75. The number of hydrogen-bond acceptors (Lipinski definition) is 3. The van der Waals surface area contributed by atoms with Crippen molar-refractivity contribution in [1.82, 2.24) is 4.98 Å². The molecule has 1 heterocycles. The van der Waals surface area contributed by atoms with Gasteiger partial charge in [-0.3, -0.25) is 0 Å². The van der Waals surface area contributed by atoms with Gasteiger partial charge in [-0.05, 0) is 60.5 Å². The molecule has 0 amide bonds. The third kappa shape index (κ3) is 3.96. The minimum atomic E-state index is -0.207. The van der Waals surface area contributed by atoms with E-state index in [1.165, 1.54) is 12.1 Å². The number of halogens is 1. The second kappa shape index (κ2) is 8.09. The molecule has 0 saturated heterocycles. The van der Waals surface area contributed by atoms with Crippen LogP contribution < -0.4 is 10.1 Å². The molecule has 3 nitrogen and oxygen atoms in total. The number of hydrogen-bond donors (Lipinski definition) is 1. The van der Waals surface area contributed by atoms with E-state index in [1.807, 2.05) is 54.6 Å². The molecule has 4 aromatic rings. The van der Waals surface area contributed by atoms with Gasteiger partial charge in [0.05, 0.1) is 18.3 Å². The molecule has 0 bridgehead atoms. The zero-order valence-corrected chi connectivity index (χ0v) is 15.7. The summed E-state index contributed by atoms with van der Waals surface area (Å²) in [6.07, 6.45) is 0.814. The lowest BCUT2D eigenvalue weighted by molar-refractivity contribution is 0.415. The first-order valence-electron chi connectivity index (χ1n) is 9.25. The van der Waals surface area contributed by atoms with Gasteiger partial charge in [-0.25, -0.2) is 9.37 Å². The van der Waals surface area contributed by atoms with E-state index in [4.69, 9.17) is 9.72 Å². The Morgan fingerprint density at radius 3 is 2.43 bits per heavy atom. The third-order valence-corrected chi connectivity index (χ3v) is 4.74. The molecular weight excluding hydrogens is 351 g/mol. The van der Waals surface area contributed by atoms with E-state index in [9.17, 15) is 4.39 Å². The first-order chi connectivity index (χ1) is 13.7. The Bertz CT molecular complexity index is 1080. The zero-order chi connectivity index (χ0) is 19.3. The number of nitrogens with one attached hydrogen (secondary N) is 1. The van der Waals surface area contributed by atoms with Crippen LogP contribution in [0, 0.1) is 5.82 Å². The predicted molar refractivity (Wildman–Crippen MR) is 112 cm³/mol. The fourth-order valence-corrected chi connectivity index (χ4v) is 3.22. The highest BCUT2D eigenvalue weighted by Crippen LogP contribution is 2.29. The second-order valence-electron chi connectivity index (χ2n) is 6.60. The molecular formula is C24H21FN2O. The van der Waals surface area contributed by atoms with Crippen molar-refractivity contribution in [2.45, 2.75) is 6.42 Å². The van der Waals surface area contributed by atoms with Gasteiger partial charge in [0.1, 0.15) is 11.6 Å². The fourth-order valence-electron chi connectivity index (χ4n) is 3.22. The molecule has 0 aliphatic carbocycles. The second-order valence-corrected chi connectivity index (χ2v) is 6.60. The number of methoxy groups -OCH3 is 1. The number of benzene rings is 3. The maximum Gasteiger partial charge on any atom is 0.123 e.